The average Bonchev–Trinajstić information content (AvgIpc) is 2.49. The number of nitrogens with one attached hydrogen (secondary N) is 1. The highest BCUT2D eigenvalue weighted by molar-refractivity contribution is 5.83. The summed E-state index contributed by atoms with van der Waals surface area (Å²) >= 11 is 0. The average molecular weight is 260 g/mol. The molecule has 4 heteroatoms. The van der Waals surface area contributed by atoms with Gasteiger partial charge in [0.25, 0.3) is 0 Å². The molecule has 1 aromatic rings. The summed E-state index contributed by atoms with van der Waals surface area (Å²) < 4.78 is 5.08. The highest BCUT2D eigenvalue weighted by Gasteiger charge is 2.20. The van der Waals surface area contributed by atoms with Gasteiger partial charge in [0.1, 0.15) is 5.75 Å². The van der Waals surface area contributed by atoms with Crippen LogP contribution in [0.25, 0.3) is 0 Å². The molecule has 0 heterocycles. The fourth-order valence-electron chi connectivity index (χ4n) is 2.32. The van der Waals surface area contributed by atoms with Crippen molar-refractivity contribution in [3.8, 4) is 5.75 Å². The fraction of sp³-hybridized carbons (Fsp3) is 0.467. The zero-order valence-electron chi connectivity index (χ0n) is 11.3. The molecule has 0 saturated heterocycles. The Bertz CT molecular complexity index is 434. The number of carbonyl (C=O) groups is 1. The number of carbonyl (C=O) groups excluding carboxylic acids is 1. The molecule has 102 valence electrons. The van der Waals surface area contributed by atoms with Crippen LogP contribution in [-0.2, 0) is 4.79 Å². The fourth-order valence-corrected chi connectivity index (χ4v) is 2.32. The maximum absolute atomic E-state index is 11.8. The minimum absolute atomic E-state index is 0.0458. The Morgan fingerprint density at radius 3 is 2.58 bits per heavy atom. The van der Waals surface area contributed by atoms with Crippen molar-refractivity contribution in [2.75, 3.05) is 7.11 Å². The second-order valence-corrected chi connectivity index (χ2v) is 4.84. The first-order chi connectivity index (χ1) is 9.29. The van der Waals surface area contributed by atoms with Gasteiger partial charge in [0.05, 0.1) is 13.3 Å². The number of hydrogen-bond acceptors (Lipinski definition) is 3. The predicted molar refractivity (Wildman–Crippen MR) is 75.3 cm³/mol. The Morgan fingerprint density at radius 1 is 1.26 bits per heavy atom. The van der Waals surface area contributed by atoms with Gasteiger partial charge in [-0.1, -0.05) is 19.3 Å². The third kappa shape index (κ3) is 4.09. The Hall–Kier alpha value is -1.84. The number of methoxy groups -OCH3 is 1. The lowest BCUT2D eigenvalue weighted by molar-refractivity contribution is -0.125. The highest BCUT2D eigenvalue weighted by Crippen LogP contribution is 2.23. The first-order valence-electron chi connectivity index (χ1n) is 6.76. The van der Waals surface area contributed by atoms with Crippen molar-refractivity contribution < 1.29 is 9.53 Å². The van der Waals surface area contributed by atoms with Gasteiger partial charge in [-0.25, -0.2) is 5.43 Å². The molecule has 0 atom stereocenters. The second-order valence-electron chi connectivity index (χ2n) is 4.84. The molecule has 0 unspecified atom stereocenters. The van der Waals surface area contributed by atoms with Gasteiger partial charge in [0.15, 0.2) is 0 Å². The van der Waals surface area contributed by atoms with Crippen molar-refractivity contribution in [2.45, 2.75) is 32.1 Å². The smallest absolute Gasteiger partial charge is 0.243 e. The maximum Gasteiger partial charge on any atom is 0.243 e. The van der Waals surface area contributed by atoms with E-state index in [2.05, 4.69) is 10.5 Å². The van der Waals surface area contributed by atoms with Crippen LogP contribution in [-0.4, -0.2) is 19.2 Å². The van der Waals surface area contributed by atoms with Gasteiger partial charge in [0.2, 0.25) is 5.91 Å². The molecular formula is C15H20N2O2. The summed E-state index contributed by atoms with van der Waals surface area (Å²) in [5, 5.41) is 4.01. The van der Waals surface area contributed by atoms with Crippen LogP contribution in [0.3, 0.4) is 0 Å². The standard InChI is InChI=1S/C15H20N2O2/c1-19-14-9-7-12(8-10-14)11-16-17-15(18)13-5-3-2-4-6-13/h7-11,13H,2-6H2,1H3,(H,17,18). The van der Waals surface area contributed by atoms with E-state index >= 15 is 0 Å². The van der Waals surface area contributed by atoms with E-state index in [1.807, 2.05) is 24.3 Å². The van der Waals surface area contributed by atoms with Crippen molar-refractivity contribution in [3.63, 3.8) is 0 Å². The lowest BCUT2D eigenvalue weighted by atomic mass is 9.89. The van der Waals surface area contributed by atoms with Gasteiger partial charge >= 0.3 is 0 Å². The third-order valence-electron chi connectivity index (χ3n) is 3.48. The molecule has 0 bridgehead atoms. The van der Waals surface area contributed by atoms with Crippen molar-refractivity contribution in [2.24, 2.45) is 11.0 Å². The minimum atomic E-state index is 0.0458. The van der Waals surface area contributed by atoms with E-state index in [1.165, 1.54) is 6.42 Å². The summed E-state index contributed by atoms with van der Waals surface area (Å²) in [6, 6.07) is 7.53. The van der Waals surface area contributed by atoms with Gasteiger partial charge in [0, 0.05) is 5.92 Å². The minimum Gasteiger partial charge on any atom is -0.497 e. The lowest BCUT2D eigenvalue weighted by Gasteiger charge is -2.19. The Balaban J connectivity index is 1.83. The van der Waals surface area contributed by atoms with Gasteiger partial charge in [-0.2, -0.15) is 5.10 Å². The van der Waals surface area contributed by atoms with E-state index in [1.54, 1.807) is 13.3 Å². The predicted octanol–water partition coefficient (Wildman–Crippen LogP) is 2.73. The number of hydrazone groups is 1. The second kappa shape index (κ2) is 6.92. The number of benzene rings is 1. The van der Waals surface area contributed by atoms with Crippen molar-refractivity contribution in [3.05, 3.63) is 29.8 Å². The van der Waals surface area contributed by atoms with E-state index in [0.717, 1.165) is 37.0 Å². The first-order valence-corrected chi connectivity index (χ1v) is 6.76. The van der Waals surface area contributed by atoms with Crippen molar-refractivity contribution in [1.29, 1.82) is 0 Å². The summed E-state index contributed by atoms with van der Waals surface area (Å²) in [5.74, 6) is 0.995. The summed E-state index contributed by atoms with van der Waals surface area (Å²) in [6.07, 6.45) is 7.19. The first kappa shape index (κ1) is 13.6. The summed E-state index contributed by atoms with van der Waals surface area (Å²) in [6.45, 7) is 0. The molecule has 4 nitrogen and oxygen atoms in total. The molecule has 1 saturated carbocycles. The quantitative estimate of drug-likeness (QED) is 0.668. The monoisotopic (exact) mass is 260 g/mol. The van der Waals surface area contributed by atoms with Crippen LogP contribution in [0.2, 0.25) is 0 Å². The number of hydrogen-bond donors (Lipinski definition) is 1. The molecule has 0 radical (unpaired) electrons. The van der Waals surface area contributed by atoms with E-state index in [-0.39, 0.29) is 11.8 Å². The highest BCUT2D eigenvalue weighted by atomic mass is 16.5. The molecule has 19 heavy (non-hydrogen) atoms. The van der Waals surface area contributed by atoms with Crippen LogP contribution in [0.1, 0.15) is 37.7 Å². The lowest BCUT2D eigenvalue weighted by Crippen LogP contribution is -2.28. The van der Waals surface area contributed by atoms with E-state index < -0.39 is 0 Å². The van der Waals surface area contributed by atoms with Gasteiger partial charge in [-0.15, -0.1) is 0 Å². The molecule has 0 spiro atoms. The molecule has 0 aliphatic heterocycles. The number of rotatable bonds is 4. The molecule has 1 aliphatic rings. The zero-order valence-corrected chi connectivity index (χ0v) is 11.3. The van der Waals surface area contributed by atoms with E-state index in [4.69, 9.17) is 4.74 Å². The molecule has 2 rings (SSSR count). The Morgan fingerprint density at radius 2 is 1.95 bits per heavy atom. The zero-order chi connectivity index (χ0) is 13.5. The molecule has 1 N–H and O–H groups in total. The molecule has 1 amide bonds. The maximum atomic E-state index is 11.8. The SMILES string of the molecule is COc1ccc(C=NNC(=O)C2CCCCC2)cc1. The summed E-state index contributed by atoms with van der Waals surface area (Å²) in [5.41, 5.74) is 3.56. The van der Waals surface area contributed by atoms with E-state index in [9.17, 15) is 4.79 Å². The summed E-state index contributed by atoms with van der Waals surface area (Å²) in [4.78, 5) is 11.8. The van der Waals surface area contributed by atoms with Crippen LogP contribution in [0.4, 0.5) is 0 Å². The number of ether oxygens (including phenoxy) is 1. The Kier molecular flexibility index (Phi) is 4.95. The van der Waals surface area contributed by atoms with Gasteiger partial charge < -0.3 is 4.74 Å². The van der Waals surface area contributed by atoms with Gasteiger partial charge in [-0.05, 0) is 42.7 Å². The normalized spacial score (nSPS) is 16.5. The van der Waals surface area contributed by atoms with Crippen molar-refractivity contribution in [1.82, 2.24) is 5.43 Å². The number of amides is 1. The third-order valence-corrected chi connectivity index (χ3v) is 3.48. The summed E-state index contributed by atoms with van der Waals surface area (Å²) in [7, 11) is 1.63. The van der Waals surface area contributed by atoms with Crippen LogP contribution in [0.15, 0.2) is 29.4 Å². The molecule has 0 aromatic heterocycles. The van der Waals surface area contributed by atoms with Crippen LogP contribution in [0.5, 0.6) is 5.75 Å². The molecule has 1 aliphatic carbocycles. The van der Waals surface area contributed by atoms with Crippen molar-refractivity contribution >= 4 is 12.1 Å². The molecule has 1 aromatic carbocycles. The molecular weight excluding hydrogens is 240 g/mol. The number of nitrogens with zero attached hydrogens (tertiary/aromatic N) is 1. The van der Waals surface area contributed by atoms with Crippen LogP contribution in [0, 0.1) is 5.92 Å². The largest absolute Gasteiger partial charge is 0.497 e. The van der Waals surface area contributed by atoms with Crippen LogP contribution < -0.4 is 10.2 Å². The van der Waals surface area contributed by atoms with Gasteiger partial charge in [-0.3, -0.25) is 4.79 Å². The Labute approximate surface area is 113 Å². The van der Waals surface area contributed by atoms with Crippen LogP contribution >= 0.6 is 0 Å². The topological polar surface area (TPSA) is 50.7 Å². The molecule has 1 fully saturated rings. The van der Waals surface area contributed by atoms with E-state index in [0.29, 0.717) is 0 Å².